The Morgan fingerprint density at radius 1 is 1.24 bits per heavy atom. The molecular weight excluding hydrogens is 262 g/mol. The van der Waals surface area contributed by atoms with Crippen LogP contribution in [0, 0.1) is 0 Å². The lowest BCUT2D eigenvalue weighted by molar-refractivity contribution is -0.144. The minimum Gasteiger partial charge on any atom is -0.465 e. The van der Waals surface area contributed by atoms with Crippen LogP contribution in [0.2, 0.25) is 0 Å². The number of esters is 1. The van der Waals surface area contributed by atoms with Crippen molar-refractivity contribution >= 4 is 5.97 Å². The molecule has 0 amide bonds. The van der Waals surface area contributed by atoms with Gasteiger partial charge in [0.1, 0.15) is 0 Å². The molecule has 0 unspecified atom stereocenters. The Morgan fingerprint density at radius 2 is 1.86 bits per heavy atom. The van der Waals surface area contributed by atoms with Crippen LogP contribution in [-0.4, -0.2) is 30.1 Å². The highest BCUT2D eigenvalue weighted by atomic mass is 16.5. The van der Waals surface area contributed by atoms with Crippen molar-refractivity contribution in [1.29, 1.82) is 0 Å². The van der Waals surface area contributed by atoms with Gasteiger partial charge in [-0.2, -0.15) is 0 Å². The summed E-state index contributed by atoms with van der Waals surface area (Å²) in [6, 6.07) is 9.31. The highest BCUT2D eigenvalue weighted by Crippen LogP contribution is 2.29. The number of rotatable bonds is 6. The molecule has 0 aliphatic heterocycles. The van der Waals surface area contributed by atoms with E-state index in [4.69, 9.17) is 4.74 Å². The highest BCUT2D eigenvalue weighted by molar-refractivity contribution is 5.71. The van der Waals surface area contributed by atoms with Gasteiger partial charge in [-0.15, -0.1) is 0 Å². The maximum absolute atomic E-state index is 11.7. The molecule has 0 heterocycles. The smallest absolute Gasteiger partial charge is 0.320 e. The van der Waals surface area contributed by atoms with E-state index >= 15 is 0 Å². The van der Waals surface area contributed by atoms with E-state index in [9.17, 15) is 4.79 Å². The van der Waals surface area contributed by atoms with E-state index in [0.717, 1.165) is 6.54 Å². The van der Waals surface area contributed by atoms with Gasteiger partial charge in [0, 0.05) is 12.6 Å². The van der Waals surface area contributed by atoms with Crippen molar-refractivity contribution in [1.82, 2.24) is 4.90 Å². The van der Waals surface area contributed by atoms with E-state index in [0.29, 0.717) is 19.2 Å². The summed E-state index contributed by atoms with van der Waals surface area (Å²) in [6.07, 6.45) is 2.39. The summed E-state index contributed by atoms with van der Waals surface area (Å²) in [5, 5.41) is 0. The van der Waals surface area contributed by atoms with Crippen LogP contribution in [-0.2, 0) is 21.5 Å². The highest BCUT2D eigenvalue weighted by Gasteiger charge is 2.30. The zero-order valence-electron chi connectivity index (χ0n) is 13.7. The second kappa shape index (κ2) is 6.61. The van der Waals surface area contributed by atoms with Crippen LogP contribution in [0.15, 0.2) is 24.3 Å². The molecule has 0 aromatic heterocycles. The zero-order chi connectivity index (χ0) is 15.5. The van der Waals surface area contributed by atoms with Gasteiger partial charge in [-0.1, -0.05) is 45.0 Å². The molecular formula is C18H27NO2. The van der Waals surface area contributed by atoms with Crippen LogP contribution in [0.4, 0.5) is 0 Å². The quantitative estimate of drug-likeness (QED) is 0.751. The first-order valence-electron chi connectivity index (χ1n) is 7.89. The number of carbonyl (C=O) groups excluding carboxylic acids is 1. The van der Waals surface area contributed by atoms with Crippen LogP contribution in [0.5, 0.6) is 0 Å². The molecule has 3 heteroatoms. The normalized spacial score (nSPS) is 15.3. The predicted molar refractivity (Wildman–Crippen MR) is 85.2 cm³/mol. The van der Waals surface area contributed by atoms with Gasteiger partial charge in [0.25, 0.3) is 0 Å². The Kier molecular flexibility index (Phi) is 5.04. The Labute approximate surface area is 128 Å². The van der Waals surface area contributed by atoms with E-state index in [-0.39, 0.29) is 11.4 Å². The fourth-order valence-electron chi connectivity index (χ4n) is 2.47. The first kappa shape index (κ1) is 16.0. The maximum Gasteiger partial charge on any atom is 0.320 e. The molecule has 1 aliphatic rings. The molecule has 2 rings (SSSR count). The molecule has 21 heavy (non-hydrogen) atoms. The maximum atomic E-state index is 11.7. The number of benzene rings is 1. The summed E-state index contributed by atoms with van der Waals surface area (Å²) in [7, 11) is 0. The Hall–Kier alpha value is -1.35. The van der Waals surface area contributed by atoms with E-state index in [2.05, 4.69) is 49.9 Å². The average Bonchev–Trinajstić information content (AvgIpc) is 3.22. The SMILES string of the molecule is CCOC(=O)CN(Cc1ccc(C(C)(C)C)cc1)C1CC1. The van der Waals surface area contributed by atoms with Crippen molar-refractivity contribution in [3.8, 4) is 0 Å². The van der Waals surface area contributed by atoms with E-state index in [1.165, 1.54) is 24.0 Å². The number of ether oxygens (including phenoxy) is 1. The van der Waals surface area contributed by atoms with Crippen molar-refractivity contribution in [2.45, 2.75) is 58.5 Å². The molecule has 1 saturated carbocycles. The van der Waals surface area contributed by atoms with Crippen LogP contribution >= 0.6 is 0 Å². The number of hydrogen-bond donors (Lipinski definition) is 0. The van der Waals surface area contributed by atoms with Crippen molar-refractivity contribution in [3.63, 3.8) is 0 Å². The monoisotopic (exact) mass is 289 g/mol. The topological polar surface area (TPSA) is 29.5 Å². The average molecular weight is 289 g/mol. The van der Waals surface area contributed by atoms with E-state index in [1.54, 1.807) is 0 Å². The second-order valence-electron chi connectivity index (χ2n) is 6.89. The summed E-state index contributed by atoms with van der Waals surface area (Å²) < 4.78 is 5.07. The van der Waals surface area contributed by atoms with Gasteiger partial charge in [-0.3, -0.25) is 9.69 Å². The van der Waals surface area contributed by atoms with E-state index < -0.39 is 0 Å². The fraction of sp³-hybridized carbons (Fsp3) is 0.611. The molecule has 0 bridgehead atoms. The minimum atomic E-state index is -0.115. The molecule has 1 aromatic rings. The molecule has 116 valence electrons. The summed E-state index contributed by atoms with van der Waals surface area (Å²) in [5.41, 5.74) is 2.79. The Morgan fingerprint density at radius 3 is 2.33 bits per heavy atom. The molecule has 1 aromatic carbocycles. The van der Waals surface area contributed by atoms with Gasteiger partial charge >= 0.3 is 5.97 Å². The van der Waals surface area contributed by atoms with Crippen LogP contribution in [0.1, 0.15) is 51.7 Å². The molecule has 1 fully saturated rings. The fourth-order valence-corrected chi connectivity index (χ4v) is 2.47. The zero-order valence-corrected chi connectivity index (χ0v) is 13.7. The summed E-state index contributed by atoms with van der Waals surface area (Å²) in [4.78, 5) is 13.9. The third kappa shape index (κ3) is 4.85. The van der Waals surface area contributed by atoms with Gasteiger partial charge in [-0.05, 0) is 36.3 Å². The molecule has 0 saturated heterocycles. The second-order valence-corrected chi connectivity index (χ2v) is 6.89. The largest absolute Gasteiger partial charge is 0.465 e. The number of hydrogen-bond acceptors (Lipinski definition) is 3. The molecule has 3 nitrogen and oxygen atoms in total. The summed E-state index contributed by atoms with van der Waals surface area (Å²) >= 11 is 0. The van der Waals surface area contributed by atoms with Crippen LogP contribution < -0.4 is 0 Å². The van der Waals surface area contributed by atoms with Crippen LogP contribution in [0.25, 0.3) is 0 Å². The lowest BCUT2D eigenvalue weighted by Gasteiger charge is -2.22. The van der Waals surface area contributed by atoms with Gasteiger partial charge in [0.15, 0.2) is 0 Å². The predicted octanol–water partition coefficient (Wildman–Crippen LogP) is 3.51. The molecule has 1 aliphatic carbocycles. The van der Waals surface area contributed by atoms with Gasteiger partial charge in [0.05, 0.1) is 13.2 Å². The summed E-state index contributed by atoms with van der Waals surface area (Å²) in [6.45, 7) is 10.2. The molecule has 0 N–H and O–H groups in total. The van der Waals surface area contributed by atoms with Crippen molar-refractivity contribution in [3.05, 3.63) is 35.4 Å². The minimum absolute atomic E-state index is 0.115. The third-order valence-electron chi connectivity index (χ3n) is 3.91. The van der Waals surface area contributed by atoms with Gasteiger partial charge < -0.3 is 4.74 Å². The summed E-state index contributed by atoms with van der Waals surface area (Å²) in [5.74, 6) is -0.115. The molecule has 0 spiro atoms. The standard InChI is InChI=1S/C18H27NO2/c1-5-21-17(20)13-19(16-10-11-16)12-14-6-8-15(9-7-14)18(2,3)4/h6-9,16H,5,10-13H2,1-4H3. The Balaban J connectivity index is 1.98. The van der Waals surface area contributed by atoms with E-state index in [1.807, 2.05) is 6.92 Å². The first-order valence-corrected chi connectivity index (χ1v) is 7.89. The third-order valence-corrected chi connectivity index (χ3v) is 3.91. The lowest BCUT2D eigenvalue weighted by Crippen LogP contribution is -2.32. The van der Waals surface area contributed by atoms with Crippen molar-refractivity contribution < 1.29 is 9.53 Å². The number of carbonyl (C=O) groups is 1. The first-order chi connectivity index (χ1) is 9.90. The molecule has 0 radical (unpaired) electrons. The number of nitrogens with zero attached hydrogens (tertiary/aromatic N) is 1. The van der Waals surface area contributed by atoms with Crippen molar-refractivity contribution in [2.24, 2.45) is 0 Å². The van der Waals surface area contributed by atoms with Gasteiger partial charge in [0.2, 0.25) is 0 Å². The molecule has 0 atom stereocenters. The Bertz CT molecular complexity index is 469. The lowest BCUT2D eigenvalue weighted by atomic mass is 9.87. The van der Waals surface area contributed by atoms with Crippen molar-refractivity contribution in [2.75, 3.05) is 13.2 Å². The van der Waals surface area contributed by atoms with Crippen LogP contribution in [0.3, 0.4) is 0 Å². The van der Waals surface area contributed by atoms with Gasteiger partial charge in [-0.25, -0.2) is 0 Å².